The molecule has 7 heteroatoms. The minimum atomic E-state index is -0.494. The number of carbonyl (C=O) groups is 1. The van der Waals surface area contributed by atoms with Gasteiger partial charge in [-0.3, -0.25) is 10.2 Å². The van der Waals surface area contributed by atoms with Crippen molar-refractivity contribution in [1.82, 2.24) is 10.4 Å². The van der Waals surface area contributed by atoms with Gasteiger partial charge in [-0.25, -0.2) is 5.01 Å². The van der Waals surface area contributed by atoms with Crippen LogP contribution in [0, 0.1) is 0 Å². The van der Waals surface area contributed by atoms with Gasteiger partial charge in [-0.05, 0) is 54.8 Å². The highest BCUT2D eigenvalue weighted by Gasteiger charge is 2.21. The lowest BCUT2D eigenvalue weighted by molar-refractivity contribution is 0.0750. The highest BCUT2D eigenvalue weighted by atomic mass is 35.5. The van der Waals surface area contributed by atoms with Gasteiger partial charge in [0, 0.05) is 34.3 Å². The van der Waals surface area contributed by atoms with Crippen molar-refractivity contribution in [2.24, 2.45) is 0 Å². The van der Waals surface area contributed by atoms with E-state index in [2.05, 4.69) is 5.43 Å². The number of hydrogen-bond acceptors (Lipinski definition) is 3. The Labute approximate surface area is 203 Å². The highest BCUT2D eigenvalue weighted by Crippen LogP contribution is 2.36. The third-order valence-corrected chi connectivity index (χ3v) is 6.31. The Morgan fingerprint density at radius 1 is 0.875 bits per heavy atom. The number of hydrazine groups is 1. The van der Waals surface area contributed by atoms with E-state index < -0.39 is 6.10 Å². The van der Waals surface area contributed by atoms with Crippen molar-refractivity contribution >= 4 is 40.7 Å². The van der Waals surface area contributed by atoms with Crippen LogP contribution in [0.5, 0.6) is 5.75 Å². The molecule has 1 fully saturated rings. The van der Waals surface area contributed by atoms with Crippen LogP contribution in [0.3, 0.4) is 0 Å². The number of halogens is 3. The fourth-order valence-electron chi connectivity index (χ4n) is 3.71. The summed E-state index contributed by atoms with van der Waals surface area (Å²) in [7, 11) is 0. The lowest BCUT2D eigenvalue weighted by Crippen LogP contribution is -2.45. The third kappa shape index (κ3) is 5.57. The quantitative estimate of drug-likeness (QED) is 0.407. The summed E-state index contributed by atoms with van der Waals surface area (Å²) in [4.78, 5) is 12.6. The van der Waals surface area contributed by atoms with E-state index in [0.717, 1.165) is 37.1 Å². The molecule has 3 aromatic carbocycles. The molecular formula is C25H23Cl3N2O2. The molecule has 4 nitrogen and oxygen atoms in total. The molecular weight excluding hydrogens is 467 g/mol. The second-order valence-corrected chi connectivity index (χ2v) is 8.96. The Balaban J connectivity index is 1.57. The van der Waals surface area contributed by atoms with E-state index in [1.807, 2.05) is 41.4 Å². The van der Waals surface area contributed by atoms with E-state index in [-0.39, 0.29) is 5.91 Å². The molecule has 1 heterocycles. The molecule has 1 atom stereocenters. The number of carbonyl (C=O) groups excluding carboxylic acids is 1. The Kier molecular flexibility index (Phi) is 7.59. The average molecular weight is 490 g/mol. The topological polar surface area (TPSA) is 41.6 Å². The number of rotatable bonds is 6. The highest BCUT2D eigenvalue weighted by molar-refractivity contribution is 6.32. The van der Waals surface area contributed by atoms with Crippen molar-refractivity contribution in [2.75, 3.05) is 13.1 Å². The van der Waals surface area contributed by atoms with Crippen LogP contribution < -0.4 is 10.2 Å². The maximum Gasteiger partial charge on any atom is 0.265 e. The van der Waals surface area contributed by atoms with Crippen LogP contribution >= 0.6 is 34.8 Å². The molecule has 1 aliphatic heterocycles. The van der Waals surface area contributed by atoms with Crippen LogP contribution in [-0.4, -0.2) is 24.0 Å². The van der Waals surface area contributed by atoms with Crippen LogP contribution in [0.15, 0.2) is 66.7 Å². The van der Waals surface area contributed by atoms with Crippen LogP contribution in [0.1, 0.15) is 46.9 Å². The molecule has 0 bridgehead atoms. The zero-order chi connectivity index (χ0) is 22.5. The van der Waals surface area contributed by atoms with E-state index in [9.17, 15) is 4.79 Å². The molecule has 1 amide bonds. The summed E-state index contributed by atoms with van der Waals surface area (Å²) in [6.07, 6.45) is 2.88. The van der Waals surface area contributed by atoms with E-state index in [0.29, 0.717) is 26.4 Å². The first-order valence-corrected chi connectivity index (χ1v) is 11.7. The number of ether oxygens (including phenoxy) is 1. The second kappa shape index (κ2) is 10.6. The van der Waals surface area contributed by atoms with E-state index in [1.165, 1.54) is 6.42 Å². The number of nitrogens with one attached hydrogen (secondary N) is 1. The lowest BCUT2D eigenvalue weighted by atomic mass is 10.0. The van der Waals surface area contributed by atoms with Crippen molar-refractivity contribution in [3.05, 3.63) is 98.5 Å². The van der Waals surface area contributed by atoms with Crippen molar-refractivity contribution in [2.45, 2.75) is 25.4 Å². The monoisotopic (exact) mass is 488 g/mol. The summed E-state index contributed by atoms with van der Waals surface area (Å²) in [6.45, 7) is 1.72. The maximum absolute atomic E-state index is 12.6. The Hall–Kier alpha value is -2.24. The fourth-order valence-corrected chi connectivity index (χ4v) is 4.30. The van der Waals surface area contributed by atoms with Crippen molar-refractivity contribution in [1.29, 1.82) is 0 Å². The van der Waals surface area contributed by atoms with E-state index in [4.69, 9.17) is 39.5 Å². The number of hydrogen-bond donors (Lipinski definition) is 1. The molecule has 1 unspecified atom stereocenters. The normalized spacial score (nSPS) is 15.2. The molecule has 0 aliphatic carbocycles. The van der Waals surface area contributed by atoms with Crippen molar-refractivity contribution < 1.29 is 9.53 Å². The average Bonchev–Trinajstić information content (AvgIpc) is 2.80. The molecule has 166 valence electrons. The number of amides is 1. The van der Waals surface area contributed by atoms with Gasteiger partial charge in [-0.15, -0.1) is 0 Å². The van der Waals surface area contributed by atoms with E-state index >= 15 is 0 Å². The first-order valence-electron chi connectivity index (χ1n) is 10.5. The molecule has 32 heavy (non-hydrogen) atoms. The summed E-state index contributed by atoms with van der Waals surface area (Å²) in [5.41, 5.74) is 5.12. The number of nitrogens with zero attached hydrogens (tertiary/aromatic N) is 1. The molecule has 3 aromatic rings. The lowest BCUT2D eigenvalue weighted by Gasteiger charge is -2.27. The molecule has 1 aliphatic rings. The van der Waals surface area contributed by atoms with Gasteiger partial charge in [0.05, 0.1) is 5.02 Å². The van der Waals surface area contributed by atoms with Gasteiger partial charge in [0.1, 0.15) is 5.75 Å². The minimum Gasteiger partial charge on any atom is -0.479 e. The predicted octanol–water partition coefficient (Wildman–Crippen LogP) is 6.95. The summed E-state index contributed by atoms with van der Waals surface area (Å²) < 4.78 is 6.32. The van der Waals surface area contributed by atoms with Crippen LogP contribution in [0.2, 0.25) is 15.1 Å². The molecule has 0 saturated carbocycles. The first kappa shape index (κ1) is 22.9. The molecule has 1 N–H and O–H groups in total. The standard InChI is InChI=1S/C25H23Cl3N2O2/c26-19-11-8-17(9-12-19)24(20-6-2-3-7-21(20)27)32-23-13-10-18(16-22(23)28)25(31)29-30-14-4-1-5-15-30/h2-3,6-13,16,24H,1,4-5,14-15H2,(H,29,31). The Morgan fingerprint density at radius 2 is 1.59 bits per heavy atom. The van der Waals surface area contributed by atoms with Gasteiger partial charge in [0.2, 0.25) is 0 Å². The number of piperidine rings is 1. The van der Waals surface area contributed by atoms with Gasteiger partial charge in [-0.1, -0.05) is 71.6 Å². The minimum absolute atomic E-state index is 0.180. The smallest absolute Gasteiger partial charge is 0.265 e. The number of benzene rings is 3. The van der Waals surface area contributed by atoms with Gasteiger partial charge in [0.15, 0.2) is 6.10 Å². The Morgan fingerprint density at radius 3 is 2.28 bits per heavy atom. The molecule has 0 spiro atoms. The summed E-state index contributed by atoms with van der Waals surface area (Å²) in [5, 5.41) is 3.52. The largest absolute Gasteiger partial charge is 0.479 e. The van der Waals surface area contributed by atoms with Crippen LogP contribution in [0.25, 0.3) is 0 Å². The Bertz CT molecular complexity index is 1080. The molecule has 0 radical (unpaired) electrons. The summed E-state index contributed by atoms with van der Waals surface area (Å²) >= 11 is 19.1. The van der Waals surface area contributed by atoms with Crippen molar-refractivity contribution in [3.63, 3.8) is 0 Å². The van der Waals surface area contributed by atoms with Gasteiger partial charge >= 0.3 is 0 Å². The SMILES string of the molecule is O=C(NN1CCCCC1)c1ccc(OC(c2ccc(Cl)cc2)c2ccccc2Cl)c(Cl)c1. The van der Waals surface area contributed by atoms with Crippen LogP contribution in [0.4, 0.5) is 0 Å². The zero-order valence-corrected chi connectivity index (χ0v) is 19.6. The maximum atomic E-state index is 12.6. The zero-order valence-electron chi connectivity index (χ0n) is 17.4. The fraction of sp³-hybridized carbons (Fsp3) is 0.240. The van der Waals surface area contributed by atoms with Gasteiger partial charge in [-0.2, -0.15) is 0 Å². The van der Waals surface area contributed by atoms with Crippen LogP contribution in [-0.2, 0) is 0 Å². The molecule has 0 aromatic heterocycles. The molecule has 1 saturated heterocycles. The first-order chi connectivity index (χ1) is 15.5. The van der Waals surface area contributed by atoms with Gasteiger partial charge in [0.25, 0.3) is 5.91 Å². The predicted molar refractivity (Wildman–Crippen MR) is 130 cm³/mol. The van der Waals surface area contributed by atoms with E-state index in [1.54, 1.807) is 30.3 Å². The summed E-state index contributed by atoms with van der Waals surface area (Å²) in [5.74, 6) is 0.279. The van der Waals surface area contributed by atoms with Gasteiger partial charge < -0.3 is 4.74 Å². The molecule has 4 rings (SSSR count). The second-order valence-electron chi connectivity index (χ2n) is 7.70. The van der Waals surface area contributed by atoms with Crippen molar-refractivity contribution in [3.8, 4) is 5.75 Å². The third-order valence-electron chi connectivity index (χ3n) is 5.42. The summed E-state index contributed by atoms with van der Waals surface area (Å²) in [6, 6.07) is 20.0.